The predicted molar refractivity (Wildman–Crippen MR) is 64.8 cm³/mol. The van der Waals surface area contributed by atoms with Gasteiger partial charge < -0.3 is 4.74 Å². The van der Waals surface area contributed by atoms with E-state index in [9.17, 15) is 4.79 Å². The van der Waals surface area contributed by atoms with Gasteiger partial charge in [0.2, 0.25) is 0 Å². The Labute approximate surface area is 103 Å². The molecule has 0 aliphatic heterocycles. The third-order valence-electron chi connectivity index (χ3n) is 2.35. The molecule has 0 radical (unpaired) electrons. The quantitative estimate of drug-likeness (QED) is 0.777. The average molecular weight is 251 g/mol. The Balaban J connectivity index is 2.24. The monoisotopic (exact) mass is 251 g/mol. The molecule has 17 heavy (non-hydrogen) atoms. The van der Waals surface area contributed by atoms with Crippen LogP contribution in [0.5, 0.6) is 0 Å². The zero-order valence-corrected chi connectivity index (χ0v) is 10.7. The van der Waals surface area contributed by atoms with Gasteiger partial charge in [0.25, 0.3) is 0 Å². The Bertz CT molecular complexity index is 545. The van der Waals surface area contributed by atoms with Crippen LogP contribution in [0.15, 0.2) is 11.6 Å². The molecular formula is C11H13N3O2S. The van der Waals surface area contributed by atoms with Crippen molar-refractivity contribution in [2.45, 2.75) is 13.3 Å². The summed E-state index contributed by atoms with van der Waals surface area (Å²) in [6.07, 6.45) is 2.14. The fourth-order valence-corrected chi connectivity index (χ4v) is 2.42. The summed E-state index contributed by atoms with van der Waals surface area (Å²) >= 11 is 1.51. The second-order valence-electron chi connectivity index (χ2n) is 3.70. The van der Waals surface area contributed by atoms with Crippen molar-refractivity contribution >= 4 is 17.3 Å². The highest BCUT2D eigenvalue weighted by Crippen LogP contribution is 2.26. The van der Waals surface area contributed by atoms with Crippen molar-refractivity contribution in [1.82, 2.24) is 14.8 Å². The molecule has 2 aromatic rings. The number of esters is 1. The number of methoxy groups -OCH3 is 1. The summed E-state index contributed by atoms with van der Waals surface area (Å²) in [5.74, 6) is -0.273. The van der Waals surface area contributed by atoms with E-state index in [1.165, 1.54) is 18.4 Å². The predicted octanol–water partition coefficient (Wildman–Crippen LogP) is 1.57. The fraction of sp³-hybridized carbons (Fsp3) is 0.364. The number of rotatable bonds is 3. The molecule has 0 N–H and O–H groups in total. The summed E-state index contributed by atoms with van der Waals surface area (Å²) in [6.45, 7) is 1.94. The van der Waals surface area contributed by atoms with E-state index in [2.05, 4.69) is 14.8 Å². The number of aromatic nitrogens is 3. The smallest absolute Gasteiger partial charge is 0.311 e. The number of hydrogen-bond donors (Lipinski definition) is 0. The number of carbonyl (C=O) groups is 1. The molecule has 0 aromatic carbocycles. The molecule has 2 heterocycles. The third-order valence-corrected chi connectivity index (χ3v) is 3.27. The molecule has 0 aliphatic rings. The molecule has 5 nitrogen and oxygen atoms in total. The second kappa shape index (κ2) is 4.67. The van der Waals surface area contributed by atoms with E-state index in [-0.39, 0.29) is 12.4 Å². The molecule has 0 saturated carbocycles. The molecule has 0 unspecified atom stereocenters. The number of aryl methyl sites for hydroxylation is 2. The van der Waals surface area contributed by atoms with Crippen LogP contribution in [0, 0.1) is 6.92 Å². The lowest BCUT2D eigenvalue weighted by atomic mass is 10.3. The maximum Gasteiger partial charge on any atom is 0.311 e. The first-order valence-corrected chi connectivity index (χ1v) is 6.00. The summed E-state index contributed by atoms with van der Waals surface area (Å²) < 4.78 is 6.36. The van der Waals surface area contributed by atoms with Crippen molar-refractivity contribution in [2.24, 2.45) is 7.05 Å². The minimum atomic E-state index is -0.273. The SMILES string of the molecule is COC(=O)Cc1csc(-c2cn(C)nc2C)n1. The van der Waals surface area contributed by atoms with Gasteiger partial charge in [0, 0.05) is 18.6 Å². The molecule has 0 aliphatic carbocycles. The third kappa shape index (κ3) is 2.52. The Hall–Kier alpha value is -1.69. The van der Waals surface area contributed by atoms with Gasteiger partial charge in [-0.2, -0.15) is 5.10 Å². The van der Waals surface area contributed by atoms with E-state index < -0.39 is 0 Å². The van der Waals surface area contributed by atoms with Gasteiger partial charge in [-0.25, -0.2) is 4.98 Å². The highest BCUT2D eigenvalue weighted by atomic mass is 32.1. The van der Waals surface area contributed by atoms with Crippen molar-refractivity contribution < 1.29 is 9.53 Å². The van der Waals surface area contributed by atoms with Gasteiger partial charge in [-0.1, -0.05) is 0 Å². The van der Waals surface area contributed by atoms with E-state index >= 15 is 0 Å². The largest absolute Gasteiger partial charge is 0.469 e. The summed E-state index contributed by atoms with van der Waals surface area (Å²) in [5, 5.41) is 7.02. The molecule has 6 heteroatoms. The van der Waals surface area contributed by atoms with E-state index in [1.54, 1.807) is 4.68 Å². The first-order valence-electron chi connectivity index (χ1n) is 5.12. The maximum absolute atomic E-state index is 11.1. The second-order valence-corrected chi connectivity index (χ2v) is 4.56. The van der Waals surface area contributed by atoms with Crippen molar-refractivity contribution in [3.05, 3.63) is 23.0 Å². The summed E-state index contributed by atoms with van der Waals surface area (Å²) in [4.78, 5) is 15.5. The van der Waals surface area contributed by atoms with Gasteiger partial charge in [-0.05, 0) is 6.92 Å². The number of hydrogen-bond acceptors (Lipinski definition) is 5. The van der Waals surface area contributed by atoms with Crippen LogP contribution in [0.25, 0.3) is 10.6 Å². The molecule has 0 bridgehead atoms. The minimum Gasteiger partial charge on any atom is -0.469 e. The molecule has 0 saturated heterocycles. The van der Waals surface area contributed by atoms with Crippen molar-refractivity contribution in [3.63, 3.8) is 0 Å². The normalized spacial score (nSPS) is 10.5. The molecular weight excluding hydrogens is 238 g/mol. The van der Waals surface area contributed by atoms with Crippen molar-refractivity contribution in [2.75, 3.05) is 7.11 Å². The minimum absolute atomic E-state index is 0.215. The van der Waals surface area contributed by atoms with Crippen LogP contribution >= 0.6 is 11.3 Å². The molecule has 0 fully saturated rings. The van der Waals surface area contributed by atoms with Gasteiger partial charge in [0.1, 0.15) is 5.01 Å². The van der Waals surface area contributed by atoms with E-state index in [4.69, 9.17) is 0 Å². The summed E-state index contributed by atoms with van der Waals surface area (Å²) in [6, 6.07) is 0. The van der Waals surface area contributed by atoms with E-state index in [0.29, 0.717) is 0 Å². The van der Waals surface area contributed by atoms with Gasteiger partial charge in [0.05, 0.1) is 30.5 Å². The van der Waals surface area contributed by atoms with Crippen LogP contribution in [-0.2, 0) is 23.0 Å². The Morgan fingerprint density at radius 3 is 2.94 bits per heavy atom. The molecule has 0 atom stereocenters. The molecule has 90 valence electrons. The first-order chi connectivity index (χ1) is 8.10. The van der Waals surface area contributed by atoms with Crippen LogP contribution in [0.3, 0.4) is 0 Å². The lowest BCUT2D eigenvalue weighted by molar-refractivity contribution is -0.139. The summed E-state index contributed by atoms with van der Waals surface area (Å²) in [7, 11) is 3.25. The Morgan fingerprint density at radius 1 is 1.59 bits per heavy atom. The topological polar surface area (TPSA) is 57.0 Å². The van der Waals surface area contributed by atoms with Crippen LogP contribution < -0.4 is 0 Å². The van der Waals surface area contributed by atoms with Crippen LogP contribution in [0.4, 0.5) is 0 Å². The van der Waals surface area contributed by atoms with E-state index in [1.807, 2.05) is 25.5 Å². The first kappa shape index (κ1) is 11.8. The molecule has 2 aromatic heterocycles. The number of thiazole rings is 1. The standard InChI is InChI=1S/C11H13N3O2S/c1-7-9(5-14(2)13-7)11-12-8(6-17-11)4-10(15)16-3/h5-6H,4H2,1-3H3. The lowest BCUT2D eigenvalue weighted by Gasteiger charge is -1.94. The highest BCUT2D eigenvalue weighted by Gasteiger charge is 2.12. The maximum atomic E-state index is 11.1. The van der Waals surface area contributed by atoms with Gasteiger partial charge in [-0.15, -0.1) is 11.3 Å². The fourth-order valence-electron chi connectivity index (χ4n) is 1.54. The van der Waals surface area contributed by atoms with Crippen LogP contribution in [-0.4, -0.2) is 27.8 Å². The lowest BCUT2D eigenvalue weighted by Crippen LogP contribution is -2.04. The number of nitrogens with zero attached hydrogens (tertiary/aromatic N) is 3. The zero-order chi connectivity index (χ0) is 12.4. The van der Waals surface area contributed by atoms with Gasteiger partial charge in [-0.3, -0.25) is 9.48 Å². The Morgan fingerprint density at radius 2 is 2.35 bits per heavy atom. The summed E-state index contributed by atoms with van der Waals surface area (Å²) in [5.41, 5.74) is 2.68. The molecule has 2 rings (SSSR count). The van der Waals surface area contributed by atoms with Crippen molar-refractivity contribution in [1.29, 1.82) is 0 Å². The number of carbonyl (C=O) groups excluding carboxylic acids is 1. The van der Waals surface area contributed by atoms with Crippen molar-refractivity contribution in [3.8, 4) is 10.6 Å². The highest BCUT2D eigenvalue weighted by molar-refractivity contribution is 7.13. The van der Waals surface area contributed by atoms with E-state index in [0.717, 1.165) is 22.0 Å². The van der Waals surface area contributed by atoms with Crippen LogP contribution in [0.1, 0.15) is 11.4 Å². The zero-order valence-electron chi connectivity index (χ0n) is 9.93. The Kier molecular flexibility index (Phi) is 3.23. The molecule has 0 spiro atoms. The van der Waals surface area contributed by atoms with Gasteiger partial charge >= 0.3 is 5.97 Å². The van der Waals surface area contributed by atoms with Gasteiger partial charge in [0.15, 0.2) is 0 Å². The van der Waals surface area contributed by atoms with Crippen LogP contribution in [0.2, 0.25) is 0 Å². The molecule has 0 amide bonds. The number of ether oxygens (including phenoxy) is 1. The average Bonchev–Trinajstić information content (AvgIpc) is 2.85.